The van der Waals surface area contributed by atoms with E-state index in [1.165, 1.54) is 0 Å². The van der Waals surface area contributed by atoms with E-state index < -0.39 is 10.0 Å². The number of rotatable bonds is 4. The topological polar surface area (TPSA) is 98.2 Å². The maximum atomic E-state index is 12.5. The summed E-state index contributed by atoms with van der Waals surface area (Å²) in [5, 5.41) is 3.80. The first-order chi connectivity index (χ1) is 9.74. The minimum atomic E-state index is -3.70. The van der Waals surface area contributed by atoms with E-state index in [4.69, 9.17) is 10.3 Å². The Morgan fingerprint density at radius 1 is 1.19 bits per heavy atom. The first-order valence-corrected chi connectivity index (χ1v) is 7.99. The molecule has 2 rings (SSSR count). The minimum absolute atomic E-state index is 0.121. The Kier molecular flexibility index (Phi) is 4.06. The highest BCUT2D eigenvalue weighted by Crippen LogP contribution is 2.26. The van der Waals surface area contributed by atoms with Gasteiger partial charge in [0.1, 0.15) is 10.7 Å². The summed E-state index contributed by atoms with van der Waals surface area (Å²) in [6, 6.07) is 3.55. The predicted octanol–water partition coefficient (Wildman–Crippen LogP) is 1.97. The van der Waals surface area contributed by atoms with Gasteiger partial charge in [-0.05, 0) is 38.8 Å². The van der Waals surface area contributed by atoms with Crippen LogP contribution in [-0.4, -0.2) is 13.6 Å². The quantitative estimate of drug-likeness (QED) is 0.841. The second-order valence-corrected chi connectivity index (χ2v) is 6.77. The third-order valence-electron chi connectivity index (χ3n) is 3.50. The smallest absolute Gasteiger partial charge is 0.243 e. The SMILES string of the molecule is Cc1ccc(C)c(S(=O)(=O)NCc2c(C)noc2C)c1N. The first kappa shape index (κ1) is 15.5. The van der Waals surface area contributed by atoms with Crippen LogP contribution in [0.4, 0.5) is 5.69 Å². The molecule has 7 heteroatoms. The summed E-state index contributed by atoms with van der Waals surface area (Å²) in [6.45, 7) is 7.14. The van der Waals surface area contributed by atoms with Crippen LogP contribution in [0.3, 0.4) is 0 Å². The molecule has 0 bridgehead atoms. The van der Waals surface area contributed by atoms with E-state index in [2.05, 4.69) is 9.88 Å². The van der Waals surface area contributed by atoms with Crippen LogP contribution in [0.2, 0.25) is 0 Å². The number of nitrogens with zero attached hydrogens (tertiary/aromatic N) is 1. The molecule has 21 heavy (non-hydrogen) atoms. The first-order valence-electron chi connectivity index (χ1n) is 6.51. The molecular weight excluding hydrogens is 290 g/mol. The van der Waals surface area contributed by atoms with E-state index in [-0.39, 0.29) is 17.1 Å². The van der Waals surface area contributed by atoms with Crippen LogP contribution in [0.25, 0.3) is 0 Å². The molecule has 0 amide bonds. The summed E-state index contributed by atoms with van der Waals surface area (Å²) in [5.74, 6) is 0.601. The summed E-state index contributed by atoms with van der Waals surface area (Å²) >= 11 is 0. The molecule has 1 aromatic heterocycles. The van der Waals surface area contributed by atoms with Crippen molar-refractivity contribution >= 4 is 15.7 Å². The molecule has 0 atom stereocenters. The Labute approximate surface area is 124 Å². The van der Waals surface area contributed by atoms with Gasteiger partial charge in [0.2, 0.25) is 10.0 Å². The van der Waals surface area contributed by atoms with Gasteiger partial charge in [-0.1, -0.05) is 17.3 Å². The van der Waals surface area contributed by atoms with E-state index in [0.717, 1.165) is 11.1 Å². The number of hydrogen-bond acceptors (Lipinski definition) is 5. The molecule has 0 spiro atoms. The Morgan fingerprint density at radius 3 is 2.38 bits per heavy atom. The highest BCUT2D eigenvalue weighted by Gasteiger charge is 2.22. The zero-order valence-corrected chi connectivity index (χ0v) is 13.3. The third-order valence-corrected chi connectivity index (χ3v) is 5.10. The summed E-state index contributed by atoms with van der Waals surface area (Å²) < 4.78 is 32.6. The van der Waals surface area contributed by atoms with Gasteiger partial charge in [-0.2, -0.15) is 0 Å². The highest BCUT2D eigenvalue weighted by atomic mass is 32.2. The average molecular weight is 309 g/mol. The van der Waals surface area contributed by atoms with Crippen LogP contribution in [-0.2, 0) is 16.6 Å². The monoisotopic (exact) mass is 309 g/mol. The molecule has 6 nitrogen and oxygen atoms in total. The van der Waals surface area contributed by atoms with E-state index in [0.29, 0.717) is 17.0 Å². The van der Waals surface area contributed by atoms with Crippen molar-refractivity contribution in [3.05, 3.63) is 40.3 Å². The second-order valence-electron chi connectivity index (χ2n) is 5.07. The zero-order valence-electron chi connectivity index (χ0n) is 12.5. The Bertz CT molecular complexity index is 760. The van der Waals surface area contributed by atoms with Gasteiger partial charge in [-0.15, -0.1) is 0 Å². The number of nitrogen functional groups attached to an aromatic ring is 1. The average Bonchev–Trinajstić information content (AvgIpc) is 2.71. The maximum Gasteiger partial charge on any atom is 0.243 e. The molecule has 0 aliphatic carbocycles. The molecule has 114 valence electrons. The number of nitrogens with one attached hydrogen (secondary N) is 1. The van der Waals surface area contributed by atoms with Crippen LogP contribution >= 0.6 is 0 Å². The fourth-order valence-electron chi connectivity index (χ4n) is 2.16. The molecule has 3 N–H and O–H groups in total. The van der Waals surface area contributed by atoms with E-state index >= 15 is 0 Å². The molecule has 1 aromatic carbocycles. The summed E-state index contributed by atoms with van der Waals surface area (Å²) in [7, 11) is -3.70. The van der Waals surface area contributed by atoms with Gasteiger partial charge in [0.25, 0.3) is 0 Å². The summed E-state index contributed by atoms with van der Waals surface area (Å²) in [6.07, 6.45) is 0. The van der Waals surface area contributed by atoms with E-state index in [1.54, 1.807) is 39.8 Å². The third kappa shape index (κ3) is 2.93. The minimum Gasteiger partial charge on any atom is -0.397 e. The molecule has 0 unspecified atom stereocenters. The van der Waals surface area contributed by atoms with Crippen LogP contribution in [0.15, 0.2) is 21.6 Å². The van der Waals surface area contributed by atoms with Gasteiger partial charge >= 0.3 is 0 Å². The van der Waals surface area contributed by atoms with Crippen LogP contribution in [0, 0.1) is 27.7 Å². The van der Waals surface area contributed by atoms with Crippen molar-refractivity contribution in [2.45, 2.75) is 39.1 Å². The standard InChI is InChI=1S/C14H19N3O3S/c1-8-5-6-9(2)14(13(8)15)21(18,19)16-7-12-10(3)17-20-11(12)4/h5-6,16H,7,15H2,1-4H3. The van der Waals surface area contributed by atoms with Crippen molar-refractivity contribution in [1.82, 2.24) is 9.88 Å². The van der Waals surface area contributed by atoms with Crippen molar-refractivity contribution in [2.75, 3.05) is 5.73 Å². The molecule has 1 heterocycles. The Hall–Kier alpha value is -1.86. The van der Waals surface area contributed by atoms with Crippen LogP contribution in [0.5, 0.6) is 0 Å². The maximum absolute atomic E-state index is 12.5. The van der Waals surface area contributed by atoms with Gasteiger partial charge in [0.05, 0.1) is 11.4 Å². The molecular formula is C14H19N3O3S. The lowest BCUT2D eigenvalue weighted by Crippen LogP contribution is -2.25. The fraction of sp³-hybridized carbons (Fsp3) is 0.357. The number of sulfonamides is 1. The van der Waals surface area contributed by atoms with E-state index in [1.807, 2.05) is 0 Å². The van der Waals surface area contributed by atoms with Crippen molar-refractivity contribution in [3.8, 4) is 0 Å². The van der Waals surface area contributed by atoms with Crippen molar-refractivity contribution < 1.29 is 12.9 Å². The molecule has 0 aliphatic heterocycles. The number of aryl methyl sites for hydroxylation is 4. The molecule has 0 radical (unpaired) electrons. The number of nitrogens with two attached hydrogens (primary N) is 1. The summed E-state index contributed by atoms with van der Waals surface area (Å²) in [4.78, 5) is 0.134. The van der Waals surface area contributed by atoms with Gasteiger partial charge in [-0.3, -0.25) is 0 Å². The number of aromatic nitrogens is 1. The Balaban J connectivity index is 2.34. The largest absolute Gasteiger partial charge is 0.397 e. The van der Waals surface area contributed by atoms with Gasteiger partial charge in [0, 0.05) is 12.1 Å². The van der Waals surface area contributed by atoms with Gasteiger partial charge in [0.15, 0.2) is 0 Å². The second kappa shape index (κ2) is 5.50. The van der Waals surface area contributed by atoms with Gasteiger partial charge in [-0.25, -0.2) is 13.1 Å². The fourth-order valence-corrected chi connectivity index (χ4v) is 3.58. The predicted molar refractivity (Wildman–Crippen MR) is 80.3 cm³/mol. The summed E-state index contributed by atoms with van der Waals surface area (Å²) in [5.41, 5.74) is 8.97. The molecule has 0 aliphatic rings. The van der Waals surface area contributed by atoms with Gasteiger partial charge < -0.3 is 10.3 Å². The van der Waals surface area contributed by atoms with Crippen molar-refractivity contribution in [1.29, 1.82) is 0 Å². The van der Waals surface area contributed by atoms with Crippen LogP contribution < -0.4 is 10.5 Å². The molecule has 0 saturated carbocycles. The number of hydrogen-bond donors (Lipinski definition) is 2. The van der Waals surface area contributed by atoms with E-state index in [9.17, 15) is 8.42 Å². The molecule has 2 aromatic rings. The highest BCUT2D eigenvalue weighted by molar-refractivity contribution is 7.89. The van der Waals surface area contributed by atoms with Crippen molar-refractivity contribution in [3.63, 3.8) is 0 Å². The number of anilines is 1. The number of benzene rings is 1. The zero-order chi connectivity index (χ0) is 15.8. The lowest BCUT2D eigenvalue weighted by atomic mass is 10.1. The normalized spacial score (nSPS) is 11.8. The molecule has 0 fully saturated rings. The lowest BCUT2D eigenvalue weighted by Gasteiger charge is -2.13. The Morgan fingerprint density at radius 2 is 1.81 bits per heavy atom. The lowest BCUT2D eigenvalue weighted by molar-refractivity contribution is 0.392. The van der Waals surface area contributed by atoms with Crippen molar-refractivity contribution in [2.24, 2.45) is 0 Å². The molecule has 0 saturated heterocycles. The van der Waals surface area contributed by atoms with Crippen LogP contribution in [0.1, 0.15) is 28.1 Å².